The number of nitrogens with one attached hydrogen (secondary N) is 2. The van der Waals surface area contributed by atoms with Crippen LogP contribution in [0.15, 0.2) is 29.3 Å². The highest BCUT2D eigenvalue weighted by Gasteiger charge is 2.32. The van der Waals surface area contributed by atoms with Crippen LogP contribution in [0, 0.1) is 0 Å². The molecule has 0 radical (unpaired) electrons. The fraction of sp³-hybridized carbons (Fsp3) is 0.611. The molecule has 1 aromatic carbocycles. The minimum absolute atomic E-state index is 0. The molecule has 30 heavy (non-hydrogen) atoms. The van der Waals surface area contributed by atoms with Gasteiger partial charge in [0.25, 0.3) is 0 Å². The normalized spacial score (nSPS) is 18.7. The summed E-state index contributed by atoms with van der Waals surface area (Å²) in [5, 5.41) is 3.12. The van der Waals surface area contributed by atoms with Gasteiger partial charge in [0.15, 0.2) is 5.96 Å². The van der Waals surface area contributed by atoms with Crippen LogP contribution in [-0.2, 0) is 20.9 Å². The van der Waals surface area contributed by atoms with E-state index in [9.17, 15) is 21.6 Å². The Bertz CT molecular complexity index is 847. The maximum Gasteiger partial charge on any atom is 0.416 e. The molecule has 1 atom stereocenters. The number of nitrogens with zero attached hydrogens (tertiary/aromatic N) is 2. The third-order valence-corrected chi connectivity index (χ3v) is 5.24. The Morgan fingerprint density at radius 1 is 1.33 bits per heavy atom. The third-order valence-electron chi connectivity index (χ3n) is 4.31. The van der Waals surface area contributed by atoms with Gasteiger partial charge in [0, 0.05) is 25.7 Å². The molecule has 1 aliphatic rings. The van der Waals surface area contributed by atoms with E-state index >= 15 is 0 Å². The molecule has 7 nitrogen and oxygen atoms in total. The molecule has 1 aromatic rings. The van der Waals surface area contributed by atoms with Gasteiger partial charge in [-0.15, -0.1) is 24.0 Å². The number of benzene rings is 1. The maximum absolute atomic E-state index is 13.0. The second-order valence-electron chi connectivity index (χ2n) is 7.59. The lowest BCUT2D eigenvalue weighted by atomic mass is 10.0. The molecule has 0 aromatic heterocycles. The molecule has 1 unspecified atom stereocenters. The number of hydrogen-bond donors (Lipinski definition) is 2. The molecule has 2 N–H and O–H groups in total. The molecule has 0 bridgehead atoms. The maximum atomic E-state index is 13.0. The summed E-state index contributed by atoms with van der Waals surface area (Å²) in [5.41, 5.74) is -1.03. The predicted octanol–water partition coefficient (Wildman–Crippen LogP) is 2.60. The number of alkyl halides is 3. The monoisotopic (exact) mass is 564 g/mol. The van der Waals surface area contributed by atoms with E-state index in [-0.39, 0.29) is 30.5 Å². The average Bonchev–Trinajstić information content (AvgIpc) is 2.60. The van der Waals surface area contributed by atoms with Crippen molar-refractivity contribution >= 4 is 40.0 Å². The van der Waals surface area contributed by atoms with E-state index in [2.05, 4.69) is 15.0 Å². The summed E-state index contributed by atoms with van der Waals surface area (Å²) in [6.45, 7) is 4.90. The van der Waals surface area contributed by atoms with E-state index in [0.717, 1.165) is 18.4 Å². The Balaban J connectivity index is 0.00000450. The van der Waals surface area contributed by atoms with Crippen molar-refractivity contribution in [2.45, 2.75) is 31.7 Å². The zero-order valence-electron chi connectivity index (χ0n) is 17.3. The van der Waals surface area contributed by atoms with Crippen LogP contribution in [0.25, 0.3) is 0 Å². The molecule has 2 rings (SSSR count). The Morgan fingerprint density at radius 3 is 2.57 bits per heavy atom. The van der Waals surface area contributed by atoms with Gasteiger partial charge in [-0.05, 0) is 31.5 Å². The van der Waals surface area contributed by atoms with E-state index in [0.29, 0.717) is 31.2 Å². The zero-order valence-corrected chi connectivity index (χ0v) is 20.4. The lowest BCUT2D eigenvalue weighted by molar-refractivity contribution is -0.137. The van der Waals surface area contributed by atoms with Crippen LogP contribution < -0.4 is 10.0 Å². The second kappa shape index (κ2) is 10.5. The Morgan fingerprint density at radius 2 is 2.00 bits per heavy atom. The van der Waals surface area contributed by atoms with Crippen molar-refractivity contribution in [2.75, 3.05) is 39.5 Å². The van der Waals surface area contributed by atoms with E-state index in [4.69, 9.17) is 4.74 Å². The summed E-state index contributed by atoms with van der Waals surface area (Å²) in [6, 6.07) is 5.11. The Labute approximate surface area is 192 Å². The van der Waals surface area contributed by atoms with Crippen molar-refractivity contribution in [2.24, 2.45) is 4.99 Å². The van der Waals surface area contributed by atoms with E-state index in [1.54, 1.807) is 27.0 Å². The van der Waals surface area contributed by atoms with Crippen LogP contribution in [0.3, 0.4) is 0 Å². The number of halogens is 4. The fourth-order valence-electron chi connectivity index (χ4n) is 3.13. The van der Waals surface area contributed by atoms with Crippen molar-refractivity contribution < 1.29 is 26.3 Å². The van der Waals surface area contributed by atoms with Crippen molar-refractivity contribution in [1.29, 1.82) is 0 Å². The van der Waals surface area contributed by atoms with Gasteiger partial charge in [-0.2, -0.15) is 13.2 Å². The van der Waals surface area contributed by atoms with Crippen molar-refractivity contribution in [3.8, 4) is 0 Å². The molecule has 1 saturated heterocycles. The quantitative estimate of drug-likeness (QED) is 0.327. The highest BCUT2D eigenvalue weighted by Crippen LogP contribution is 2.32. The van der Waals surface area contributed by atoms with E-state index in [1.807, 2.05) is 4.90 Å². The molecule has 1 heterocycles. The van der Waals surface area contributed by atoms with Gasteiger partial charge in [-0.3, -0.25) is 4.99 Å². The van der Waals surface area contributed by atoms with Crippen molar-refractivity contribution in [1.82, 2.24) is 14.9 Å². The third kappa shape index (κ3) is 8.19. The van der Waals surface area contributed by atoms with Crippen LogP contribution in [0.1, 0.15) is 31.1 Å². The van der Waals surface area contributed by atoms with Crippen molar-refractivity contribution in [3.63, 3.8) is 0 Å². The molecule has 0 spiro atoms. The lowest BCUT2D eigenvalue weighted by Crippen LogP contribution is -2.55. The minimum Gasteiger partial charge on any atom is -0.370 e. The number of hydrogen-bond acceptors (Lipinski definition) is 4. The first-order valence-corrected chi connectivity index (χ1v) is 10.9. The van der Waals surface area contributed by atoms with Gasteiger partial charge in [0.2, 0.25) is 10.0 Å². The van der Waals surface area contributed by atoms with E-state index in [1.165, 1.54) is 6.07 Å². The van der Waals surface area contributed by atoms with Gasteiger partial charge >= 0.3 is 6.18 Å². The van der Waals surface area contributed by atoms with Gasteiger partial charge in [-0.25, -0.2) is 13.1 Å². The lowest BCUT2D eigenvalue weighted by Gasteiger charge is -2.36. The number of rotatable bonds is 5. The summed E-state index contributed by atoms with van der Waals surface area (Å²) in [4.78, 5) is 6.09. The standard InChI is InChI=1S/C18H27F3N4O3S.HI/c1-17(2,24-29(4,26)27)12-23-16(22-3)25-8-9-28-15(11-25)13-6-5-7-14(10-13)18(19,20)21;/h5-7,10,15,24H,8-9,11-12H2,1-4H3,(H,22,23);1H. The molecule has 172 valence electrons. The van der Waals surface area contributed by atoms with Crippen LogP contribution in [0.4, 0.5) is 13.2 Å². The smallest absolute Gasteiger partial charge is 0.370 e. The molecule has 0 amide bonds. The zero-order chi connectivity index (χ0) is 21.9. The first-order valence-electron chi connectivity index (χ1n) is 9.04. The first-order chi connectivity index (χ1) is 13.3. The van der Waals surface area contributed by atoms with Gasteiger partial charge in [-0.1, -0.05) is 12.1 Å². The topological polar surface area (TPSA) is 83.0 Å². The number of ether oxygens (including phenoxy) is 1. The molecule has 1 aliphatic heterocycles. The minimum atomic E-state index is -4.42. The molecule has 0 saturated carbocycles. The number of guanidine groups is 1. The van der Waals surface area contributed by atoms with Crippen LogP contribution in [0.5, 0.6) is 0 Å². The number of morpholine rings is 1. The summed E-state index contributed by atoms with van der Waals surface area (Å²) >= 11 is 0. The summed E-state index contributed by atoms with van der Waals surface area (Å²) in [6.07, 6.45) is -3.86. The summed E-state index contributed by atoms with van der Waals surface area (Å²) < 4.78 is 70.2. The number of aliphatic imine (C=N–C) groups is 1. The van der Waals surface area contributed by atoms with E-state index < -0.39 is 33.4 Å². The molecular weight excluding hydrogens is 536 g/mol. The highest BCUT2D eigenvalue weighted by atomic mass is 127. The Kier molecular flexibility index (Phi) is 9.39. The fourth-order valence-corrected chi connectivity index (χ4v) is 4.20. The first kappa shape index (κ1) is 26.9. The molecule has 12 heteroatoms. The largest absolute Gasteiger partial charge is 0.416 e. The predicted molar refractivity (Wildman–Crippen MR) is 121 cm³/mol. The molecule has 1 fully saturated rings. The Hall–Kier alpha value is -1.12. The molecule has 0 aliphatic carbocycles. The van der Waals surface area contributed by atoms with Crippen LogP contribution in [0.2, 0.25) is 0 Å². The van der Waals surface area contributed by atoms with Crippen LogP contribution in [-0.4, -0.2) is 64.4 Å². The second-order valence-corrected chi connectivity index (χ2v) is 9.34. The summed E-state index contributed by atoms with van der Waals surface area (Å²) in [7, 11) is -1.79. The SMILES string of the molecule is CN=C(NCC(C)(C)NS(C)(=O)=O)N1CCOC(c2cccc(C(F)(F)F)c2)C1.I. The van der Waals surface area contributed by atoms with Crippen molar-refractivity contribution in [3.05, 3.63) is 35.4 Å². The van der Waals surface area contributed by atoms with Crippen LogP contribution >= 0.6 is 24.0 Å². The van der Waals surface area contributed by atoms with Gasteiger partial charge in [0.05, 0.1) is 25.0 Å². The number of sulfonamides is 1. The van der Waals surface area contributed by atoms with Gasteiger partial charge in [0.1, 0.15) is 6.10 Å². The average molecular weight is 564 g/mol. The molecular formula is C18H28F3IN4O3S. The van der Waals surface area contributed by atoms with Gasteiger partial charge < -0.3 is 15.0 Å². The summed E-state index contributed by atoms with van der Waals surface area (Å²) in [5.74, 6) is 0.522. The highest BCUT2D eigenvalue weighted by molar-refractivity contribution is 14.0.